The number of aliphatic carboxylic acids is 1. The van der Waals surface area contributed by atoms with Crippen LogP contribution in [-0.4, -0.2) is 36.6 Å². The zero-order valence-electron chi connectivity index (χ0n) is 24.3. The lowest BCUT2D eigenvalue weighted by Gasteiger charge is -2.08. The molecule has 0 saturated heterocycles. The fraction of sp³-hybridized carbons (Fsp3) is 0.455. The molecule has 2 aromatic carbocycles. The second-order valence-corrected chi connectivity index (χ2v) is 10.4. The summed E-state index contributed by atoms with van der Waals surface area (Å²) in [6.07, 6.45) is 21.2. The zero-order chi connectivity index (χ0) is 30.9. The van der Waals surface area contributed by atoms with Crippen LogP contribution in [0.3, 0.4) is 0 Å². The number of allylic oxidation sites excluding steroid dienone is 2. The first-order chi connectivity index (χ1) is 20.1. The lowest BCUT2D eigenvalue weighted by molar-refractivity contribution is -0.137. The molecule has 0 saturated carbocycles. The van der Waals surface area contributed by atoms with E-state index in [0.29, 0.717) is 6.42 Å². The van der Waals surface area contributed by atoms with Crippen molar-refractivity contribution in [1.82, 2.24) is 0 Å². The Morgan fingerprint density at radius 3 is 1.93 bits per heavy atom. The molecular weight excluding hydrogens is 540 g/mol. The molecule has 0 atom stereocenters. The van der Waals surface area contributed by atoms with Gasteiger partial charge in [0.1, 0.15) is 22.5 Å². The van der Waals surface area contributed by atoms with Gasteiger partial charge in [0, 0.05) is 24.1 Å². The molecule has 3 rings (SSSR count). The summed E-state index contributed by atoms with van der Waals surface area (Å²) < 4.78 is 5.35. The fourth-order valence-electron chi connectivity index (χ4n) is 4.48. The van der Waals surface area contributed by atoms with Crippen LogP contribution >= 0.6 is 0 Å². The SMILES string of the molecule is CCCCCCCC/C=C\CCCCCCCC(=O)O.O=c1c(O)c(-c2ccc(O)c(O)c2)oc2cc(O)cc(O)c12. The predicted octanol–water partition coefficient (Wildman–Crippen LogP) is 8.10. The number of phenols is 4. The van der Waals surface area contributed by atoms with E-state index in [1.165, 1.54) is 76.7 Å². The third-order valence-corrected chi connectivity index (χ3v) is 6.83. The van der Waals surface area contributed by atoms with Gasteiger partial charge >= 0.3 is 5.97 Å². The summed E-state index contributed by atoms with van der Waals surface area (Å²) in [6, 6.07) is 5.64. The maximum atomic E-state index is 12.1. The largest absolute Gasteiger partial charge is 0.508 e. The Morgan fingerprint density at radius 1 is 0.738 bits per heavy atom. The van der Waals surface area contributed by atoms with E-state index in [1.807, 2.05) is 0 Å². The lowest BCUT2D eigenvalue weighted by atomic mass is 10.1. The summed E-state index contributed by atoms with van der Waals surface area (Å²) in [6.45, 7) is 2.26. The highest BCUT2D eigenvalue weighted by molar-refractivity contribution is 5.88. The minimum Gasteiger partial charge on any atom is -0.508 e. The van der Waals surface area contributed by atoms with Crippen molar-refractivity contribution >= 4 is 16.9 Å². The van der Waals surface area contributed by atoms with E-state index in [2.05, 4.69) is 19.1 Å². The lowest BCUT2D eigenvalue weighted by Crippen LogP contribution is -2.02. The van der Waals surface area contributed by atoms with Gasteiger partial charge in [0.05, 0.1) is 0 Å². The number of benzene rings is 2. The van der Waals surface area contributed by atoms with E-state index in [0.717, 1.165) is 37.1 Å². The van der Waals surface area contributed by atoms with Crippen LogP contribution in [0.1, 0.15) is 96.8 Å². The molecule has 3 aromatic rings. The van der Waals surface area contributed by atoms with Gasteiger partial charge in [0.15, 0.2) is 17.3 Å². The summed E-state index contributed by atoms with van der Waals surface area (Å²) in [4.78, 5) is 22.5. The smallest absolute Gasteiger partial charge is 0.303 e. The topological polar surface area (TPSA) is 169 Å². The number of aromatic hydroxyl groups is 5. The van der Waals surface area contributed by atoms with Crippen LogP contribution in [0.5, 0.6) is 28.7 Å². The molecule has 9 heteroatoms. The summed E-state index contributed by atoms with van der Waals surface area (Å²) in [5, 5.41) is 56.1. The number of carboxylic acid groups (broad SMARTS) is 1. The molecule has 0 aliphatic rings. The second kappa shape index (κ2) is 18.3. The standard InChI is InChI=1S/C18H34O2.C15H10O7/c1-2-3-4-5-6-7-8-9-10-11-12-13-14-15-16-17-18(19)20;16-7-4-10(19)12-11(5-7)22-15(14(21)13(12)20)6-1-2-8(17)9(18)3-6/h9-10H,2-8,11-17H2,1H3,(H,19,20);1-5,16-19,21H/b10-9-;. The normalized spacial score (nSPS) is 11.1. The number of fused-ring (bicyclic) bond motifs is 1. The van der Waals surface area contributed by atoms with Crippen molar-refractivity contribution in [2.75, 3.05) is 0 Å². The Bertz CT molecular complexity index is 1360. The van der Waals surface area contributed by atoms with E-state index < -0.39 is 28.6 Å². The number of rotatable bonds is 16. The molecule has 0 bridgehead atoms. The van der Waals surface area contributed by atoms with Crippen molar-refractivity contribution in [2.45, 2.75) is 96.8 Å². The summed E-state index contributed by atoms with van der Waals surface area (Å²) in [5.74, 6) is -3.38. The van der Waals surface area contributed by atoms with Crippen molar-refractivity contribution in [1.29, 1.82) is 0 Å². The van der Waals surface area contributed by atoms with Gasteiger partial charge in [0.2, 0.25) is 11.2 Å². The van der Waals surface area contributed by atoms with Gasteiger partial charge in [-0.25, -0.2) is 0 Å². The van der Waals surface area contributed by atoms with Crippen LogP contribution < -0.4 is 5.43 Å². The van der Waals surface area contributed by atoms with Crippen molar-refractivity contribution in [3.05, 3.63) is 52.7 Å². The Labute approximate surface area is 246 Å². The summed E-state index contributed by atoms with van der Waals surface area (Å²) in [7, 11) is 0. The highest BCUT2D eigenvalue weighted by Gasteiger charge is 2.19. The first kappa shape index (κ1) is 34.1. The monoisotopic (exact) mass is 584 g/mol. The van der Waals surface area contributed by atoms with Crippen molar-refractivity contribution in [2.24, 2.45) is 0 Å². The third kappa shape index (κ3) is 11.4. The molecule has 0 spiro atoms. The average Bonchev–Trinajstić information content (AvgIpc) is 2.94. The van der Waals surface area contributed by atoms with E-state index in [-0.39, 0.29) is 33.8 Å². The third-order valence-electron chi connectivity index (χ3n) is 6.83. The number of carbonyl (C=O) groups is 1. The summed E-state index contributed by atoms with van der Waals surface area (Å²) in [5.41, 5.74) is -0.890. The van der Waals surface area contributed by atoms with Gasteiger partial charge in [-0.2, -0.15) is 0 Å². The maximum absolute atomic E-state index is 12.1. The van der Waals surface area contributed by atoms with Crippen LogP contribution in [0.2, 0.25) is 0 Å². The Kier molecular flexibility index (Phi) is 14.9. The van der Waals surface area contributed by atoms with Gasteiger partial charge in [0.25, 0.3) is 0 Å². The molecule has 0 unspecified atom stereocenters. The fourth-order valence-corrected chi connectivity index (χ4v) is 4.48. The van der Waals surface area contributed by atoms with Crippen molar-refractivity contribution in [3.8, 4) is 40.1 Å². The molecule has 0 radical (unpaired) electrons. The zero-order valence-corrected chi connectivity index (χ0v) is 24.3. The van der Waals surface area contributed by atoms with E-state index >= 15 is 0 Å². The molecule has 230 valence electrons. The first-order valence-electron chi connectivity index (χ1n) is 14.8. The van der Waals surface area contributed by atoms with Gasteiger partial charge in [-0.15, -0.1) is 0 Å². The molecule has 42 heavy (non-hydrogen) atoms. The second-order valence-electron chi connectivity index (χ2n) is 10.4. The number of phenolic OH excluding ortho intramolecular Hbond substituents is 4. The van der Waals surface area contributed by atoms with Crippen LogP contribution in [0.4, 0.5) is 0 Å². The van der Waals surface area contributed by atoms with Gasteiger partial charge in [-0.1, -0.05) is 70.4 Å². The van der Waals surface area contributed by atoms with Crippen molar-refractivity contribution < 1.29 is 39.9 Å². The first-order valence-corrected chi connectivity index (χ1v) is 14.8. The van der Waals surface area contributed by atoms with Gasteiger partial charge in [-0.05, 0) is 50.3 Å². The van der Waals surface area contributed by atoms with Crippen LogP contribution in [0, 0.1) is 0 Å². The molecule has 0 fully saturated rings. The molecular formula is C33H44O9. The van der Waals surface area contributed by atoms with Gasteiger partial charge in [-0.3, -0.25) is 9.59 Å². The minimum atomic E-state index is -0.888. The quantitative estimate of drug-likeness (QED) is 0.0553. The molecule has 0 aliphatic carbocycles. The average molecular weight is 585 g/mol. The Hall–Kier alpha value is -4.14. The van der Waals surface area contributed by atoms with E-state index in [9.17, 15) is 35.1 Å². The Morgan fingerprint density at radius 2 is 1.33 bits per heavy atom. The van der Waals surface area contributed by atoms with E-state index in [4.69, 9.17) is 9.52 Å². The highest BCUT2D eigenvalue weighted by Crippen LogP contribution is 2.37. The predicted molar refractivity (Wildman–Crippen MR) is 163 cm³/mol. The summed E-state index contributed by atoms with van der Waals surface area (Å²) >= 11 is 0. The molecule has 0 amide bonds. The molecule has 0 aliphatic heterocycles. The van der Waals surface area contributed by atoms with E-state index in [1.54, 1.807) is 0 Å². The van der Waals surface area contributed by atoms with Crippen LogP contribution in [0.15, 0.2) is 51.7 Å². The maximum Gasteiger partial charge on any atom is 0.303 e. The van der Waals surface area contributed by atoms with Crippen molar-refractivity contribution in [3.63, 3.8) is 0 Å². The number of carboxylic acids is 1. The molecule has 6 N–H and O–H groups in total. The Balaban J connectivity index is 0.000000296. The minimum absolute atomic E-state index is 0.134. The number of unbranched alkanes of at least 4 members (excludes halogenated alkanes) is 11. The molecule has 1 aromatic heterocycles. The van der Waals surface area contributed by atoms with Crippen LogP contribution in [0.25, 0.3) is 22.3 Å². The highest BCUT2D eigenvalue weighted by atomic mass is 16.4. The van der Waals surface area contributed by atoms with Gasteiger partial charge < -0.3 is 35.1 Å². The van der Waals surface area contributed by atoms with Crippen LogP contribution in [-0.2, 0) is 4.79 Å². The molecule has 9 nitrogen and oxygen atoms in total. The molecule has 1 heterocycles. The number of hydrogen-bond acceptors (Lipinski definition) is 8. The number of hydrogen-bond donors (Lipinski definition) is 6.